The number of hydrogen-bond acceptors (Lipinski definition) is 4. The lowest BCUT2D eigenvalue weighted by molar-refractivity contribution is -0.118. The van der Waals surface area contributed by atoms with Crippen LogP contribution in [0.25, 0.3) is 0 Å². The largest absolute Gasteiger partial charge is 0.482 e. The molecular weight excluding hydrogens is 298 g/mol. The maximum absolute atomic E-state index is 12.0. The zero-order valence-corrected chi connectivity index (χ0v) is 12.8. The third kappa shape index (κ3) is 3.45. The van der Waals surface area contributed by atoms with E-state index < -0.39 is 0 Å². The zero-order valence-electron chi connectivity index (χ0n) is 12.8. The number of ether oxygens (including phenoxy) is 1. The Labute approximate surface area is 133 Å². The third-order valence-electron chi connectivity index (χ3n) is 3.41. The summed E-state index contributed by atoms with van der Waals surface area (Å²) < 4.78 is 10.8. The van der Waals surface area contributed by atoms with Crippen molar-refractivity contribution in [3.63, 3.8) is 0 Å². The van der Waals surface area contributed by atoms with Crippen LogP contribution in [0.1, 0.15) is 24.5 Å². The predicted octanol–water partition coefficient (Wildman–Crippen LogP) is 2.80. The molecule has 120 valence electrons. The SMILES string of the molecule is Cc1ccc(C(C)NC(=O)Nc2ccc3c(c2)OCC(=O)N3)o1. The fourth-order valence-electron chi connectivity index (χ4n) is 2.27. The maximum atomic E-state index is 12.0. The van der Waals surface area contributed by atoms with Gasteiger partial charge < -0.3 is 25.1 Å². The number of furan rings is 1. The average molecular weight is 315 g/mol. The van der Waals surface area contributed by atoms with Crippen LogP contribution >= 0.6 is 0 Å². The maximum Gasteiger partial charge on any atom is 0.319 e. The van der Waals surface area contributed by atoms with Crippen LogP contribution in [0.3, 0.4) is 0 Å². The van der Waals surface area contributed by atoms with Gasteiger partial charge in [-0.25, -0.2) is 4.79 Å². The molecule has 2 aromatic rings. The zero-order chi connectivity index (χ0) is 16.4. The first-order valence-electron chi connectivity index (χ1n) is 7.22. The molecule has 1 aliphatic heterocycles. The minimum absolute atomic E-state index is 0.0302. The summed E-state index contributed by atoms with van der Waals surface area (Å²) in [6, 6.07) is 8.10. The molecule has 1 aliphatic rings. The van der Waals surface area contributed by atoms with E-state index in [1.807, 2.05) is 26.0 Å². The summed E-state index contributed by atoms with van der Waals surface area (Å²) in [6.45, 7) is 3.66. The highest BCUT2D eigenvalue weighted by atomic mass is 16.5. The lowest BCUT2D eigenvalue weighted by atomic mass is 10.2. The van der Waals surface area contributed by atoms with Gasteiger partial charge in [-0.2, -0.15) is 0 Å². The van der Waals surface area contributed by atoms with Crippen LogP contribution in [0, 0.1) is 6.92 Å². The van der Waals surface area contributed by atoms with Gasteiger partial charge >= 0.3 is 6.03 Å². The molecule has 3 amide bonds. The number of amides is 3. The number of urea groups is 1. The molecule has 1 aromatic carbocycles. The van der Waals surface area contributed by atoms with Crippen molar-refractivity contribution in [3.05, 3.63) is 41.9 Å². The van der Waals surface area contributed by atoms with Gasteiger partial charge in [0.1, 0.15) is 17.3 Å². The van der Waals surface area contributed by atoms with E-state index in [1.165, 1.54) is 0 Å². The monoisotopic (exact) mass is 315 g/mol. The Bertz CT molecular complexity index is 754. The molecule has 7 nitrogen and oxygen atoms in total. The molecule has 23 heavy (non-hydrogen) atoms. The van der Waals surface area contributed by atoms with Crippen molar-refractivity contribution in [2.24, 2.45) is 0 Å². The van der Waals surface area contributed by atoms with Crippen LogP contribution in [-0.4, -0.2) is 18.5 Å². The molecule has 0 bridgehead atoms. The highest BCUT2D eigenvalue weighted by molar-refractivity contribution is 5.96. The lowest BCUT2D eigenvalue weighted by Crippen LogP contribution is -2.31. The molecule has 3 N–H and O–H groups in total. The van der Waals surface area contributed by atoms with Crippen LogP contribution in [0.4, 0.5) is 16.2 Å². The average Bonchev–Trinajstić information content (AvgIpc) is 2.94. The number of aryl methyl sites for hydroxylation is 1. The number of fused-ring (bicyclic) bond motifs is 1. The van der Waals surface area contributed by atoms with E-state index >= 15 is 0 Å². The van der Waals surface area contributed by atoms with Crippen molar-refractivity contribution in [2.45, 2.75) is 19.9 Å². The summed E-state index contributed by atoms with van der Waals surface area (Å²) in [5.74, 6) is 1.81. The third-order valence-corrected chi connectivity index (χ3v) is 3.41. The van der Waals surface area contributed by atoms with Crippen molar-refractivity contribution < 1.29 is 18.7 Å². The second kappa shape index (κ2) is 6.04. The Morgan fingerprint density at radius 2 is 2.13 bits per heavy atom. The number of carbonyl (C=O) groups excluding carboxylic acids is 2. The Morgan fingerprint density at radius 3 is 2.87 bits per heavy atom. The summed E-state index contributed by atoms with van der Waals surface area (Å²) in [5.41, 5.74) is 1.16. The molecule has 3 rings (SSSR count). The summed E-state index contributed by atoms with van der Waals surface area (Å²) in [6.07, 6.45) is 0. The first-order valence-corrected chi connectivity index (χ1v) is 7.22. The Morgan fingerprint density at radius 1 is 1.30 bits per heavy atom. The van der Waals surface area contributed by atoms with Gasteiger partial charge in [-0.15, -0.1) is 0 Å². The van der Waals surface area contributed by atoms with Gasteiger partial charge in [0.25, 0.3) is 5.91 Å². The molecule has 0 saturated heterocycles. The Hall–Kier alpha value is -2.96. The summed E-state index contributed by atoms with van der Waals surface area (Å²) in [4.78, 5) is 23.3. The first-order chi connectivity index (χ1) is 11.0. The topological polar surface area (TPSA) is 92.6 Å². The predicted molar refractivity (Wildman–Crippen MR) is 84.6 cm³/mol. The smallest absolute Gasteiger partial charge is 0.319 e. The number of rotatable bonds is 3. The summed E-state index contributed by atoms with van der Waals surface area (Å²) >= 11 is 0. The number of hydrogen-bond donors (Lipinski definition) is 3. The number of benzene rings is 1. The normalized spacial score (nSPS) is 14.3. The Kier molecular flexibility index (Phi) is 3.92. The fraction of sp³-hybridized carbons (Fsp3) is 0.250. The van der Waals surface area contributed by atoms with E-state index in [0.29, 0.717) is 22.9 Å². The highest BCUT2D eigenvalue weighted by Gasteiger charge is 2.17. The quantitative estimate of drug-likeness (QED) is 0.812. The second-order valence-corrected chi connectivity index (χ2v) is 5.32. The van der Waals surface area contributed by atoms with E-state index in [0.717, 1.165) is 5.76 Å². The highest BCUT2D eigenvalue weighted by Crippen LogP contribution is 2.30. The van der Waals surface area contributed by atoms with Crippen molar-refractivity contribution in [1.29, 1.82) is 0 Å². The molecule has 0 fully saturated rings. The van der Waals surface area contributed by atoms with Crippen molar-refractivity contribution >= 4 is 23.3 Å². The summed E-state index contributed by atoms with van der Waals surface area (Å²) in [5, 5.41) is 8.21. The number of anilines is 2. The minimum Gasteiger partial charge on any atom is -0.482 e. The first kappa shape index (κ1) is 15.0. The molecule has 0 saturated carbocycles. The molecule has 1 atom stereocenters. The van der Waals surface area contributed by atoms with Crippen LogP contribution in [0.5, 0.6) is 5.75 Å². The van der Waals surface area contributed by atoms with Gasteiger partial charge in [0, 0.05) is 11.8 Å². The fourth-order valence-corrected chi connectivity index (χ4v) is 2.27. The van der Waals surface area contributed by atoms with E-state index in [-0.39, 0.29) is 24.6 Å². The molecule has 1 aromatic heterocycles. The van der Waals surface area contributed by atoms with E-state index in [2.05, 4.69) is 16.0 Å². The van der Waals surface area contributed by atoms with Gasteiger partial charge in [0.2, 0.25) is 0 Å². The van der Waals surface area contributed by atoms with Gasteiger partial charge in [-0.3, -0.25) is 4.79 Å². The van der Waals surface area contributed by atoms with Crippen LogP contribution in [0.15, 0.2) is 34.7 Å². The molecule has 0 radical (unpaired) electrons. The molecule has 0 aliphatic carbocycles. The van der Waals surface area contributed by atoms with Crippen molar-refractivity contribution in [1.82, 2.24) is 5.32 Å². The molecule has 1 unspecified atom stereocenters. The molecule has 7 heteroatoms. The van der Waals surface area contributed by atoms with Gasteiger partial charge in [-0.05, 0) is 38.1 Å². The standard InChI is InChI=1S/C16H17N3O4/c1-9-3-6-13(23-9)10(2)17-16(21)18-11-4-5-12-14(7-11)22-8-15(20)19-12/h3-7,10H,8H2,1-2H3,(H,19,20)(H2,17,18,21). The Balaban J connectivity index is 1.63. The molecular formula is C16H17N3O4. The van der Waals surface area contributed by atoms with Gasteiger partial charge in [0.05, 0.1) is 11.7 Å². The van der Waals surface area contributed by atoms with Crippen LogP contribution < -0.4 is 20.7 Å². The molecule has 2 heterocycles. The van der Waals surface area contributed by atoms with Crippen molar-refractivity contribution in [2.75, 3.05) is 17.2 Å². The summed E-state index contributed by atoms with van der Waals surface area (Å²) in [7, 11) is 0. The van der Waals surface area contributed by atoms with E-state index in [1.54, 1.807) is 18.2 Å². The lowest BCUT2D eigenvalue weighted by Gasteiger charge is -2.19. The van der Waals surface area contributed by atoms with Crippen molar-refractivity contribution in [3.8, 4) is 5.75 Å². The number of nitrogens with one attached hydrogen (secondary N) is 3. The minimum atomic E-state index is -0.355. The van der Waals surface area contributed by atoms with Crippen LogP contribution in [0.2, 0.25) is 0 Å². The van der Waals surface area contributed by atoms with Crippen LogP contribution in [-0.2, 0) is 4.79 Å². The van der Waals surface area contributed by atoms with E-state index in [4.69, 9.17) is 9.15 Å². The van der Waals surface area contributed by atoms with E-state index in [9.17, 15) is 9.59 Å². The second-order valence-electron chi connectivity index (χ2n) is 5.32. The number of carbonyl (C=O) groups is 2. The van der Waals surface area contributed by atoms with Gasteiger partial charge in [-0.1, -0.05) is 0 Å². The van der Waals surface area contributed by atoms with Gasteiger partial charge in [0.15, 0.2) is 6.61 Å². The molecule has 0 spiro atoms.